The summed E-state index contributed by atoms with van der Waals surface area (Å²) < 4.78 is 6.50. The van der Waals surface area contributed by atoms with Gasteiger partial charge in [-0.3, -0.25) is 9.36 Å². The molecule has 1 amide bonds. The number of nitrogens with zero attached hydrogens (tertiary/aromatic N) is 3. The molecule has 0 bridgehead atoms. The van der Waals surface area contributed by atoms with E-state index in [1.54, 1.807) is 4.57 Å². The van der Waals surface area contributed by atoms with Gasteiger partial charge in [0.15, 0.2) is 5.16 Å². The maximum Gasteiger partial charge on any atom is 0.341 e. The van der Waals surface area contributed by atoms with Crippen LogP contribution in [0.3, 0.4) is 0 Å². The molecular formula is C21H24ClN5O3S2. The lowest BCUT2D eigenvalue weighted by Crippen LogP contribution is -2.27. The van der Waals surface area contributed by atoms with Crippen molar-refractivity contribution in [1.29, 1.82) is 0 Å². The number of aryl methyl sites for hydroxylation is 1. The van der Waals surface area contributed by atoms with Crippen molar-refractivity contribution in [3.8, 4) is 0 Å². The van der Waals surface area contributed by atoms with Gasteiger partial charge in [0, 0.05) is 15.7 Å². The first-order valence-electron chi connectivity index (χ1n) is 9.84. The number of thiophene rings is 1. The first-order valence-corrected chi connectivity index (χ1v) is 12.0. The molecule has 32 heavy (non-hydrogen) atoms. The summed E-state index contributed by atoms with van der Waals surface area (Å²) in [6.45, 7) is 5.59. The lowest BCUT2D eigenvalue weighted by molar-refractivity contribution is -0.119. The number of aromatic nitrogens is 3. The zero-order valence-corrected chi connectivity index (χ0v) is 20.5. The summed E-state index contributed by atoms with van der Waals surface area (Å²) >= 11 is 8.98. The van der Waals surface area contributed by atoms with Gasteiger partial charge in [0.05, 0.1) is 12.7 Å². The van der Waals surface area contributed by atoms with Crippen LogP contribution in [0.15, 0.2) is 29.4 Å². The molecule has 8 nitrogen and oxygen atoms in total. The predicted octanol–water partition coefficient (Wildman–Crippen LogP) is 4.86. The Hall–Kier alpha value is -2.56. The Morgan fingerprint density at radius 2 is 2.03 bits per heavy atom. The second-order valence-electron chi connectivity index (χ2n) is 6.98. The largest absolute Gasteiger partial charge is 0.465 e. The molecule has 11 heteroatoms. The third kappa shape index (κ3) is 4.92. The monoisotopic (exact) mass is 493 g/mol. The Balaban J connectivity index is 1.86. The van der Waals surface area contributed by atoms with Crippen molar-refractivity contribution in [3.05, 3.63) is 50.9 Å². The topological polar surface area (TPSA) is 112 Å². The molecule has 0 aliphatic carbocycles. The summed E-state index contributed by atoms with van der Waals surface area (Å²) in [4.78, 5) is 26.4. The molecule has 0 aliphatic heterocycles. The van der Waals surface area contributed by atoms with Crippen LogP contribution in [0.5, 0.6) is 0 Å². The minimum atomic E-state index is -0.660. The molecule has 0 saturated carbocycles. The van der Waals surface area contributed by atoms with E-state index in [-0.39, 0.29) is 11.9 Å². The van der Waals surface area contributed by atoms with Gasteiger partial charge in [-0.1, -0.05) is 48.5 Å². The SMILES string of the molecule is CCC(C(=O)Nc1sc(C)c(C)c1C(=O)OC)n1c(N)nnc1SCc1ccccc1Cl. The van der Waals surface area contributed by atoms with E-state index >= 15 is 0 Å². The third-order valence-electron chi connectivity index (χ3n) is 5.02. The number of carbonyl (C=O) groups is 2. The number of benzene rings is 1. The molecule has 1 unspecified atom stereocenters. The summed E-state index contributed by atoms with van der Waals surface area (Å²) in [5.41, 5.74) is 8.16. The molecule has 0 spiro atoms. The number of methoxy groups -OCH3 is 1. The number of anilines is 2. The van der Waals surface area contributed by atoms with Crippen LogP contribution in [0.25, 0.3) is 0 Å². The van der Waals surface area contributed by atoms with Crippen molar-refractivity contribution >= 4 is 57.5 Å². The third-order valence-corrected chi connectivity index (χ3v) is 7.50. The van der Waals surface area contributed by atoms with Crippen LogP contribution in [-0.2, 0) is 15.3 Å². The molecular weight excluding hydrogens is 470 g/mol. The van der Waals surface area contributed by atoms with Gasteiger partial charge in [0.1, 0.15) is 11.0 Å². The molecule has 1 aromatic carbocycles. The first-order chi connectivity index (χ1) is 15.3. The summed E-state index contributed by atoms with van der Waals surface area (Å²) in [6.07, 6.45) is 0.449. The summed E-state index contributed by atoms with van der Waals surface area (Å²) in [5, 5.41) is 12.6. The van der Waals surface area contributed by atoms with Gasteiger partial charge < -0.3 is 15.8 Å². The van der Waals surface area contributed by atoms with Crippen LogP contribution >= 0.6 is 34.7 Å². The molecule has 2 aromatic heterocycles. The smallest absolute Gasteiger partial charge is 0.341 e. The lowest BCUT2D eigenvalue weighted by Gasteiger charge is -2.19. The number of esters is 1. The Morgan fingerprint density at radius 3 is 2.69 bits per heavy atom. The quantitative estimate of drug-likeness (QED) is 0.340. The van der Waals surface area contributed by atoms with E-state index in [1.165, 1.54) is 30.2 Å². The normalized spacial score (nSPS) is 11.9. The first kappa shape index (κ1) is 24.1. The van der Waals surface area contributed by atoms with E-state index in [0.717, 1.165) is 16.0 Å². The Bertz CT molecular complexity index is 1140. The average molecular weight is 494 g/mol. The highest BCUT2D eigenvalue weighted by Crippen LogP contribution is 2.35. The number of thioether (sulfide) groups is 1. The molecule has 2 heterocycles. The molecule has 170 valence electrons. The van der Waals surface area contributed by atoms with E-state index in [1.807, 2.05) is 45.0 Å². The van der Waals surface area contributed by atoms with Gasteiger partial charge in [-0.15, -0.1) is 21.5 Å². The van der Waals surface area contributed by atoms with Gasteiger partial charge in [0.25, 0.3) is 0 Å². The number of rotatable bonds is 8. The Labute approximate surface area is 199 Å². The highest BCUT2D eigenvalue weighted by Gasteiger charge is 2.28. The number of amides is 1. The fourth-order valence-corrected chi connectivity index (χ4v) is 5.51. The second-order valence-corrected chi connectivity index (χ2v) is 9.56. The van der Waals surface area contributed by atoms with Crippen LogP contribution in [0.2, 0.25) is 5.02 Å². The van der Waals surface area contributed by atoms with Crippen molar-refractivity contribution in [1.82, 2.24) is 14.8 Å². The number of nitrogens with two attached hydrogens (primary N) is 1. The van der Waals surface area contributed by atoms with Gasteiger partial charge in [-0.25, -0.2) is 4.79 Å². The molecule has 0 saturated heterocycles. The van der Waals surface area contributed by atoms with Crippen molar-refractivity contribution < 1.29 is 14.3 Å². The van der Waals surface area contributed by atoms with Gasteiger partial charge in [0.2, 0.25) is 11.9 Å². The standard InChI is InChI=1S/C21H24ClN5O3S2/c1-5-15(17(28)24-18-16(19(29)30-4)11(2)12(3)32-18)27-20(23)25-26-21(27)31-10-13-8-6-7-9-14(13)22/h6-9,15H,5,10H2,1-4H3,(H2,23,25)(H,24,28). The molecule has 3 aromatic rings. The number of hydrogen-bond acceptors (Lipinski definition) is 8. The van der Waals surface area contributed by atoms with E-state index < -0.39 is 12.0 Å². The number of hydrogen-bond donors (Lipinski definition) is 2. The van der Waals surface area contributed by atoms with E-state index in [0.29, 0.717) is 32.9 Å². The van der Waals surface area contributed by atoms with Crippen molar-refractivity contribution in [3.63, 3.8) is 0 Å². The fourth-order valence-electron chi connectivity index (χ4n) is 3.18. The number of carbonyl (C=O) groups excluding carboxylic acids is 2. The summed E-state index contributed by atoms with van der Waals surface area (Å²) in [6, 6.07) is 6.87. The van der Waals surface area contributed by atoms with E-state index in [4.69, 9.17) is 22.1 Å². The highest BCUT2D eigenvalue weighted by molar-refractivity contribution is 7.98. The number of halogens is 1. The van der Waals surface area contributed by atoms with Crippen molar-refractivity contribution in [2.75, 3.05) is 18.2 Å². The molecule has 3 N–H and O–H groups in total. The van der Waals surface area contributed by atoms with E-state index in [9.17, 15) is 9.59 Å². The van der Waals surface area contributed by atoms with Gasteiger partial charge >= 0.3 is 5.97 Å². The van der Waals surface area contributed by atoms with E-state index in [2.05, 4.69) is 15.5 Å². The maximum absolute atomic E-state index is 13.2. The maximum atomic E-state index is 13.2. The highest BCUT2D eigenvalue weighted by atomic mass is 35.5. The van der Waals surface area contributed by atoms with Crippen molar-refractivity contribution in [2.45, 2.75) is 44.1 Å². The van der Waals surface area contributed by atoms with Gasteiger partial charge in [-0.2, -0.15) is 0 Å². The molecule has 1 atom stereocenters. The zero-order valence-electron chi connectivity index (χ0n) is 18.1. The Kier molecular flexibility index (Phi) is 7.81. The lowest BCUT2D eigenvalue weighted by atomic mass is 10.1. The minimum absolute atomic E-state index is 0.139. The number of nitrogens with one attached hydrogen (secondary N) is 1. The second kappa shape index (κ2) is 10.4. The van der Waals surface area contributed by atoms with Crippen LogP contribution < -0.4 is 11.1 Å². The predicted molar refractivity (Wildman–Crippen MR) is 129 cm³/mol. The summed E-state index contributed by atoms with van der Waals surface area (Å²) in [7, 11) is 1.32. The zero-order chi connectivity index (χ0) is 23.4. The van der Waals surface area contributed by atoms with Crippen LogP contribution in [0.1, 0.15) is 45.7 Å². The van der Waals surface area contributed by atoms with Crippen molar-refractivity contribution in [2.24, 2.45) is 0 Å². The minimum Gasteiger partial charge on any atom is -0.465 e. The molecule has 3 rings (SSSR count). The molecule has 0 aliphatic rings. The summed E-state index contributed by atoms with van der Waals surface area (Å²) in [5.74, 6) is -0.119. The fraction of sp³-hybridized carbons (Fsp3) is 0.333. The van der Waals surface area contributed by atoms with Crippen LogP contribution in [-0.4, -0.2) is 33.8 Å². The molecule has 0 radical (unpaired) electrons. The van der Waals surface area contributed by atoms with Gasteiger partial charge in [-0.05, 0) is 37.5 Å². The van der Waals surface area contributed by atoms with Crippen LogP contribution in [0, 0.1) is 13.8 Å². The van der Waals surface area contributed by atoms with Crippen LogP contribution in [0.4, 0.5) is 10.9 Å². The number of nitrogen functional groups attached to an aromatic ring is 1. The Morgan fingerprint density at radius 1 is 1.31 bits per heavy atom. The molecule has 0 fully saturated rings. The number of ether oxygens (including phenoxy) is 1. The average Bonchev–Trinajstić information content (AvgIpc) is 3.26.